The van der Waals surface area contributed by atoms with Crippen molar-refractivity contribution >= 4 is 27.8 Å². The average molecular weight is 409 g/mol. The summed E-state index contributed by atoms with van der Waals surface area (Å²) in [5.41, 5.74) is 2.27. The van der Waals surface area contributed by atoms with Crippen LogP contribution in [0.4, 0.5) is 0 Å². The largest absolute Gasteiger partial charge is 0.464 e. The Balaban J connectivity index is 1.44. The van der Waals surface area contributed by atoms with Crippen molar-refractivity contribution in [2.24, 2.45) is 5.92 Å². The molecule has 3 heterocycles. The second kappa shape index (κ2) is 6.98. The van der Waals surface area contributed by atoms with Gasteiger partial charge >= 0.3 is 5.63 Å². The highest BCUT2D eigenvalue weighted by Gasteiger charge is 2.43. The van der Waals surface area contributed by atoms with Crippen LogP contribution in [0, 0.1) is 19.8 Å². The second-order valence-corrected chi connectivity index (χ2v) is 9.07. The number of furan rings is 1. The van der Waals surface area contributed by atoms with E-state index in [4.69, 9.17) is 8.83 Å². The molecule has 0 unspecified atom stereocenters. The highest BCUT2D eigenvalue weighted by Crippen LogP contribution is 2.40. The molecule has 1 saturated heterocycles. The molecule has 1 N–H and O–H groups in total. The Bertz CT molecular complexity index is 1210. The maximum absolute atomic E-state index is 13.1. The monoisotopic (exact) mass is 409 g/mol. The molecule has 1 amide bonds. The molecule has 3 aromatic rings. The Hall–Kier alpha value is -2.60. The van der Waals surface area contributed by atoms with Crippen molar-refractivity contribution in [2.45, 2.75) is 58.0 Å². The topological polar surface area (TPSA) is 83.9 Å². The zero-order valence-corrected chi connectivity index (χ0v) is 17.5. The number of likely N-dealkylation sites (tertiary alicyclic amines) is 1. The van der Waals surface area contributed by atoms with Crippen LogP contribution in [0.2, 0.25) is 0 Å². The molecule has 30 heavy (non-hydrogen) atoms. The molecule has 6 nitrogen and oxygen atoms in total. The van der Waals surface area contributed by atoms with E-state index in [-0.39, 0.29) is 18.2 Å². The summed E-state index contributed by atoms with van der Waals surface area (Å²) < 4.78 is 11.1. The van der Waals surface area contributed by atoms with E-state index in [1.54, 1.807) is 12.3 Å². The van der Waals surface area contributed by atoms with Gasteiger partial charge in [0.05, 0.1) is 23.8 Å². The van der Waals surface area contributed by atoms with Crippen LogP contribution in [-0.2, 0) is 11.2 Å². The summed E-state index contributed by atoms with van der Waals surface area (Å²) in [6, 6.07) is 3.71. The van der Waals surface area contributed by atoms with Crippen LogP contribution in [0.1, 0.15) is 48.8 Å². The van der Waals surface area contributed by atoms with E-state index in [9.17, 15) is 14.7 Å². The zero-order valence-electron chi connectivity index (χ0n) is 17.5. The lowest BCUT2D eigenvalue weighted by Crippen LogP contribution is -2.55. The van der Waals surface area contributed by atoms with Crippen LogP contribution in [0.25, 0.3) is 21.9 Å². The normalized spacial score (nSPS) is 24.4. The predicted molar refractivity (Wildman–Crippen MR) is 114 cm³/mol. The number of benzene rings is 1. The van der Waals surface area contributed by atoms with Crippen molar-refractivity contribution in [1.29, 1.82) is 0 Å². The molecule has 2 aromatic heterocycles. The maximum Gasteiger partial charge on any atom is 0.340 e. The molecule has 1 aliphatic heterocycles. The highest BCUT2D eigenvalue weighted by atomic mass is 16.4. The van der Waals surface area contributed by atoms with Crippen LogP contribution >= 0.6 is 0 Å². The van der Waals surface area contributed by atoms with E-state index in [0.29, 0.717) is 36.2 Å². The molecule has 0 spiro atoms. The van der Waals surface area contributed by atoms with Crippen molar-refractivity contribution in [3.63, 3.8) is 0 Å². The van der Waals surface area contributed by atoms with E-state index in [1.807, 2.05) is 24.8 Å². The van der Waals surface area contributed by atoms with Gasteiger partial charge in [-0.05, 0) is 50.3 Å². The van der Waals surface area contributed by atoms with Gasteiger partial charge in [-0.25, -0.2) is 4.79 Å². The number of rotatable bonds is 2. The second-order valence-electron chi connectivity index (χ2n) is 9.07. The summed E-state index contributed by atoms with van der Waals surface area (Å²) in [5, 5.41) is 12.7. The van der Waals surface area contributed by atoms with Crippen LogP contribution in [0.5, 0.6) is 0 Å². The molecule has 0 radical (unpaired) electrons. The van der Waals surface area contributed by atoms with E-state index in [1.165, 1.54) is 0 Å². The zero-order chi connectivity index (χ0) is 21.0. The van der Waals surface area contributed by atoms with Gasteiger partial charge in [0, 0.05) is 35.8 Å². The fourth-order valence-electron chi connectivity index (χ4n) is 5.30. The number of fused-ring (bicyclic) bond motifs is 3. The van der Waals surface area contributed by atoms with Crippen LogP contribution in [0.15, 0.2) is 32.0 Å². The van der Waals surface area contributed by atoms with E-state index < -0.39 is 11.2 Å². The van der Waals surface area contributed by atoms with Crippen LogP contribution in [0.3, 0.4) is 0 Å². The van der Waals surface area contributed by atoms with E-state index in [0.717, 1.165) is 47.6 Å². The van der Waals surface area contributed by atoms with Gasteiger partial charge in [-0.2, -0.15) is 0 Å². The Morgan fingerprint density at radius 2 is 2.03 bits per heavy atom. The molecule has 1 saturated carbocycles. The Morgan fingerprint density at radius 1 is 1.20 bits per heavy atom. The SMILES string of the molecule is Cc1coc2cc3oc(=O)c(CC(=O)N4CC[C@]5(O)CCCC[C@H]5C4)c(C)c3cc12. The number of hydrogen-bond acceptors (Lipinski definition) is 5. The summed E-state index contributed by atoms with van der Waals surface area (Å²) >= 11 is 0. The third-order valence-electron chi connectivity index (χ3n) is 7.28. The number of aliphatic hydroxyl groups is 1. The molecule has 2 fully saturated rings. The number of nitrogens with zero attached hydrogens (tertiary/aromatic N) is 1. The van der Waals surface area contributed by atoms with Crippen LogP contribution < -0.4 is 5.63 Å². The van der Waals surface area contributed by atoms with Crippen molar-refractivity contribution < 1.29 is 18.7 Å². The fraction of sp³-hybridized carbons (Fsp3) is 0.500. The lowest BCUT2D eigenvalue weighted by Gasteiger charge is -2.47. The number of carbonyl (C=O) groups is 1. The summed E-state index contributed by atoms with van der Waals surface area (Å²) in [4.78, 5) is 27.6. The van der Waals surface area contributed by atoms with Crippen molar-refractivity contribution in [3.05, 3.63) is 45.5 Å². The van der Waals surface area contributed by atoms with E-state index >= 15 is 0 Å². The molecule has 1 aliphatic carbocycles. The van der Waals surface area contributed by atoms with Gasteiger partial charge in [0.2, 0.25) is 5.91 Å². The predicted octanol–water partition coefficient (Wildman–Crippen LogP) is 3.85. The third kappa shape index (κ3) is 3.05. The standard InChI is InChI=1S/C24H27NO5/c1-14-13-29-20-11-21-18(9-17(14)20)15(2)19(23(27)30-21)10-22(26)25-8-7-24(28)6-4-3-5-16(24)12-25/h9,11,13,16,28H,3-8,10,12H2,1-2H3/t16-,24+/m0/s1. The first-order valence-corrected chi connectivity index (χ1v) is 10.8. The number of amides is 1. The first kappa shape index (κ1) is 19.4. The molecule has 158 valence electrons. The highest BCUT2D eigenvalue weighted by molar-refractivity contribution is 5.96. The van der Waals surface area contributed by atoms with Crippen molar-refractivity contribution in [2.75, 3.05) is 13.1 Å². The lowest BCUT2D eigenvalue weighted by molar-refractivity contribution is -0.142. The van der Waals surface area contributed by atoms with Gasteiger partial charge in [-0.15, -0.1) is 0 Å². The average Bonchev–Trinajstić information content (AvgIpc) is 3.09. The number of carbonyl (C=O) groups excluding carboxylic acids is 1. The summed E-state index contributed by atoms with van der Waals surface area (Å²) in [5.74, 6) is 0.0633. The molecule has 1 aromatic carbocycles. The Labute approximate surface area is 174 Å². The maximum atomic E-state index is 13.1. The number of hydrogen-bond donors (Lipinski definition) is 1. The van der Waals surface area contributed by atoms with E-state index in [2.05, 4.69) is 0 Å². The molecular weight excluding hydrogens is 382 g/mol. The third-order valence-corrected chi connectivity index (χ3v) is 7.28. The van der Waals surface area contributed by atoms with Gasteiger partial charge in [0.1, 0.15) is 11.2 Å². The van der Waals surface area contributed by atoms with Gasteiger partial charge in [0.25, 0.3) is 0 Å². The first-order chi connectivity index (χ1) is 14.4. The summed E-state index contributed by atoms with van der Waals surface area (Å²) in [6.07, 6.45) is 6.27. The van der Waals surface area contributed by atoms with Crippen LogP contribution in [-0.4, -0.2) is 34.6 Å². The first-order valence-electron chi connectivity index (χ1n) is 10.8. The Kier molecular flexibility index (Phi) is 4.51. The van der Waals surface area contributed by atoms with Gasteiger partial charge in [-0.1, -0.05) is 12.8 Å². The fourth-order valence-corrected chi connectivity index (χ4v) is 5.30. The molecule has 2 atom stereocenters. The van der Waals surface area contributed by atoms with Gasteiger partial charge in [-0.3, -0.25) is 4.79 Å². The number of piperidine rings is 1. The molecule has 6 heteroatoms. The van der Waals surface area contributed by atoms with Gasteiger partial charge in [0.15, 0.2) is 0 Å². The lowest BCUT2D eigenvalue weighted by atomic mass is 9.71. The minimum Gasteiger partial charge on any atom is -0.464 e. The minimum absolute atomic E-state index is 0.0255. The van der Waals surface area contributed by atoms with Gasteiger partial charge < -0.3 is 18.8 Å². The molecule has 0 bridgehead atoms. The summed E-state index contributed by atoms with van der Waals surface area (Å²) in [6.45, 7) is 4.96. The number of aryl methyl sites for hydroxylation is 2. The smallest absolute Gasteiger partial charge is 0.340 e. The molecular formula is C24H27NO5. The Morgan fingerprint density at radius 3 is 2.87 bits per heavy atom. The minimum atomic E-state index is -0.624. The molecule has 2 aliphatic rings. The van der Waals surface area contributed by atoms with Crippen molar-refractivity contribution in [1.82, 2.24) is 4.90 Å². The quantitative estimate of drug-likeness (QED) is 0.650. The van der Waals surface area contributed by atoms with Crippen molar-refractivity contribution in [3.8, 4) is 0 Å². The molecule has 5 rings (SSSR count). The summed E-state index contributed by atoms with van der Waals surface area (Å²) in [7, 11) is 0.